The van der Waals surface area contributed by atoms with Gasteiger partial charge in [-0.25, -0.2) is 0 Å². The van der Waals surface area contributed by atoms with Gasteiger partial charge in [-0.05, 0) is 60.6 Å². The predicted molar refractivity (Wildman–Crippen MR) is 139 cm³/mol. The molecular weight excluding hydrogens is 516 g/mol. The summed E-state index contributed by atoms with van der Waals surface area (Å²) in [7, 11) is 1.36. The summed E-state index contributed by atoms with van der Waals surface area (Å²) in [6, 6.07) is 1.81. The Bertz CT molecular complexity index is 1310. The van der Waals surface area contributed by atoms with Crippen molar-refractivity contribution in [1.82, 2.24) is 0 Å². The molecule has 6 rings (SSSR count). The highest BCUT2D eigenvalue weighted by atomic mass is 16.6. The Morgan fingerprint density at radius 1 is 1.15 bits per heavy atom. The van der Waals surface area contributed by atoms with E-state index in [1.165, 1.54) is 14.0 Å². The van der Waals surface area contributed by atoms with Gasteiger partial charge in [-0.1, -0.05) is 20.8 Å². The minimum Gasteiger partial charge on any atom is -0.472 e. The summed E-state index contributed by atoms with van der Waals surface area (Å²) in [5, 5.41) is 0. The quantitative estimate of drug-likeness (QED) is 0.285. The lowest BCUT2D eigenvalue weighted by Crippen LogP contribution is -2.72. The van der Waals surface area contributed by atoms with Gasteiger partial charge < -0.3 is 23.4 Å². The number of hydrogen-bond donors (Lipinski definition) is 0. The number of fused-ring (bicyclic) bond motifs is 4. The van der Waals surface area contributed by atoms with Crippen molar-refractivity contribution >= 4 is 23.7 Å². The number of hydrogen-bond acceptors (Lipinski definition) is 9. The SMILES string of the molecule is CCO[C@@H]1C2=C3CC(=O)O[C@@H](c4ccoc4)[C@]3(C)CC[C@@H]2[C@]2(C)[C@@H](CC(=O)OC)[C@@]3(C)C[C@H]2[C@]1(OC(C)=O)C3=O. The Morgan fingerprint density at radius 2 is 1.90 bits per heavy atom. The number of rotatable bonds is 6. The molecule has 2 heterocycles. The molecule has 1 aliphatic heterocycles. The monoisotopic (exact) mass is 554 g/mol. The maximum Gasteiger partial charge on any atom is 0.310 e. The number of methoxy groups -OCH3 is 1. The molecule has 0 aromatic carbocycles. The molecule has 4 fully saturated rings. The van der Waals surface area contributed by atoms with E-state index in [-0.39, 0.29) is 48.3 Å². The summed E-state index contributed by atoms with van der Waals surface area (Å²) in [5.41, 5.74) is -1.05. The summed E-state index contributed by atoms with van der Waals surface area (Å²) in [6.07, 6.45) is 3.90. The number of ether oxygens (including phenoxy) is 4. The van der Waals surface area contributed by atoms with Gasteiger partial charge in [0.05, 0.1) is 26.1 Å². The second kappa shape index (κ2) is 8.78. The first-order valence-electron chi connectivity index (χ1n) is 14.3. The first-order chi connectivity index (χ1) is 18.9. The number of furan rings is 1. The van der Waals surface area contributed by atoms with Crippen LogP contribution in [-0.4, -0.2) is 49.1 Å². The van der Waals surface area contributed by atoms with Crippen molar-refractivity contribution in [3.05, 3.63) is 35.3 Å². The molecule has 4 aliphatic carbocycles. The first-order valence-corrected chi connectivity index (χ1v) is 14.3. The van der Waals surface area contributed by atoms with Gasteiger partial charge in [0.2, 0.25) is 5.60 Å². The number of cyclic esters (lactones) is 1. The number of carbonyl (C=O) groups is 4. The smallest absolute Gasteiger partial charge is 0.310 e. The van der Waals surface area contributed by atoms with E-state index in [1.54, 1.807) is 12.5 Å². The lowest BCUT2D eigenvalue weighted by atomic mass is 9.42. The molecule has 216 valence electrons. The van der Waals surface area contributed by atoms with Crippen LogP contribution < -0.4 is 0 Å². The van der Waals surface area contributed by atoms with Gasteiger partial charge in [0.15, 0.2) is 5.78 Å². The van der Waals surface area contributed by atoms with Crippen LogP contribution in [0.25, 0.3) is 0 Å². The molecule has 9 atom stereocenters. The van der Waals surface area contributed by atoms with Crippen LogP contribution in [0.15, 0.2) is 34.2 Å². The third-order valence-electron chi connectivity index (χ3n) is 11.3. The summed E-state index contributed by atoms with van der Waals surface area (Å²) < 4.78 is 29.1. The fourth-order valence-corrected chi connectivity index (χ4v) is 9.87. The van der Waals surface area contributed by atoms with Crippen LogP contribution in [0.5, 0.6) is 0 Å². The summed E-state index contributed by atoms with van der Waals surface area (Å²) >= 11 is 0. The zero-order valence-corrected chi connectivity index (χ0v) is 24.0. The number of ketones is 1. The summed E-state index contributed by atoms with van der Waals surface area (Å²) in [5.74, 6) is -2.22. The second-order valence-electron chi connectivity index (χ2n) is 13.0. The largest absolute Gasteiger partial charge is 0.472 e. The van der Waals surface area contributed by atoms with Crippen LogP contribution in [0.3, 0.4) is 0 Å². The van der Waals surface area contributed by atoms with Crippen molar-refractivity contribution in [2.45, 2.75) is 84.5 Å². The standard InChI is InChI=1S/C31H38O9/c1-7-38-26-24-18(8-10-28(3)19(24)12-23(34)39-25(28)17-9-11-37-15-17)30(5)20(13-22(33)36-6)29(4)14-21(30)31(26,27(29)35)40-16(2)32/h9,11,15,18,20-21,25-26H,7-8,10,12-14H2,1-6H3/t18-,20-,21+,25-,26+,28+,29+,30+,31+/m0/s1. The van der Waals surface area contributed by atoms with Gasteiger partial charge in [-0.3, -0.25) is 19.2 Å². The van der Waals surface area contributed by atoms with Crippen molar-refractivity contribution in [3.63, 3.8) is 0 Å². The van der Waals surface area contributed by atoms with Gasteiger partial charge in [0, 0.05) is 42.3 Å². The Labute approximate surface area is 233 Å². The highest BCUT2D eigenvalue weighted by Crippen LogP contribution is 2.78. The van der Waals surface area contributed by atoms with E-state index < -0.39 is 40.0 Å². The first kappa shape index (κ1) is 27.2. The van der Waals surface area contributed by atoms with Crippen LogP contribution in [0, 0.1) is 34.0 Å². The highest BCUT2D eigenvalue weighted by molar-refractivity contribution is 6.00. The van der Waals surface area contributed by atoms with Crippen LogP contribution in [0.4, 0.5) is 0 Å². The van der Waals surface area contributed by atoms with Crippen LogP contribution in [0.2, 0.25) is 0 Å². The average molecular weight is 555 g/mol. The molecule has 2 bridgehead atoms. The van der Waals surface area contributed by atoms with E-state index in [9.17, 15) is 19.2 Å². The van der Waals surface area contributed by atoms with E-state index in [0.29, 0.717) is 13.0 Å². The average Bonchev–Trinajstić information content (AvgIpc) is 3.57. The van der Waals surface area contributed by atoms with Crippen LogP contribution in [0.1, 0.15) is 78.4 Å². The number of esters is 3. The minimum atomic E-state index is -1.54. The minimum absolute atomic E-state index is 0.0598. The van der Waals surface area contributed by atoms with Crippen molar-refractivity contribution < 1.29 is 42.5 Å². The highest BCUT2D eigenvalue weighted by Gasteiger charge is 2.84. The molecule has 0 N–H and O–H groups in total. The van der Waals surface area contributed by atoms with E-state index in [2.05, 4.69) is 13.8 Å². The molecule has 5 aliphatic rings. The molecule has 1 aromatic rings. The molecule has 9 heteroatoms. The lowest BCUT2D eigenvalue weighted by Gasteiger charge is -2.64. The molecule has 0 spiro atoms. The lowest BCUT2D eigenvalue weighted by molar-refractivity contribution is -0.224. The fourth-order valence-electron chi connectivity index (χ4n) is 9.87. The molecule has 3 saturated carbocycles. The van der Waals surface area contributed by atoms with E-state index in [4.69, 9.17) is 23.4 Å². The molecule has 1 saturated heterocycles. The third kappa shape index (κ3) is 3.18. The maximum absolute atomic E-state index is 14.7. The Balaban J connectivity index is 1.63. The number of carbonyl (C=O) groups excluding carboxylic acids is 4. The van der Waals surface area contributed by atoms with E-state index >= 15 is 0 Å². The zero-order valence-electron chi connectivity index (χ0n) is 24.0. The predicted octanol–water partition coefficient (Wildman–Crippen LogP) is 4.50. The normalized spacial score (nSPS) is 43.2. The van der Waals surface area contributed by atoms with E-state index in [1.807, 2.05) is 19.9 Å². The Hall–Kier alpha value is -2.94. The molecule has 0 amide bonds. The van der Waals surface area contributed by atoms with E-state index in [0.717, 1.165) is 29.6 Å². The Kier molecular flexibility index (Phi) is 5.98. The second-order valence-corrected chi connectivity index (χ2v) is 13.0. The van der Waals surface area contributed by atoms with Gasteiger partial charge in [-0.15, -0.1) is 0 Å². The van der Waals surface area contributed by atoms with Gasteiger partial charge >= 0.3 is 17.9 Å². The molecule has 0 unspecified atom stereocenters. The zero-order chi connectivity index (χ0) is 28.8. The Morgan fingerprint density at radius 3 is 2.52 bits per heavy atom. The van der Waals surface area contributed by atoms with Crippen molar-refractivity contribution in [2.75, 3.05) is 13.7 Å². The van der Waals surface area contributed by atoms with Crippen molar-refractivity contribution in [2.24, 2.45) is 34.0 Å². The molecule has 40 heavy (non-hydrogen) atoms. The van der Waals surface area contributed by atoms with Crippen LogP contribution in [-0.2, 0) is 38.1 Å². The number of Topliss-reactive ketones (excluding diaryl/α,β-unsaturated/α-hetero) is 1. The topological polar surface area (TPSA) is 118 Å². The maximum atomic E-state index is 14.7. The van der Waals surface area contributed by atoms with Gasteiger partial charge in [0.25, 0.3) is 0 Å². The molecule has 0 radical (unpaired) electrons. The summed E-state index contributed by atoms with van der Waals surface area (Å²) in [4.78, 5) is 53.3. The third-order valence-corrected chi connectivity index (χ3v) is 11.3. The van der Waals surface area contributed by atoms with Gasteiger partial charge in [0.1, 0.15) is 12.2 Å². The van der Waals surface area contributed by atoms with Crippen LogP contribution >= 0.6 is 0 Å². The summed E-state index contributed by atoms with van der Waals surface area (Å²) in [6.45, 7) is 9.63. The van der Waals surface area contributed by atoms with Gasteiger partial charge in [-0.2, -0.15) is 0 Å². The molecular formula is C31H38O9. The molecule has 1 aromatic heterocycles. The van der Waals surface area contributed by atoms with Crippen molar-refractivity contribution in [3.8, 4) is 0 Å². The fraction of sp³-hybridized carbons (Fsp3) is 0.677. The van der Waals surface area contributed by atoms with Crippen molar-refractivity contribution in [1.29, 1.82) is 0 Å². The molecule has 9 nitrogen and oxygen atoms in total.